The number of carbonyl (C=O) groups is 1. The van der Waals surface area contributed by atoms with E-state index in [2.05, 4.69) is 50.2 Å². The highest BCUT2D eigenvalue weighted by molar-refractivity contribution is 5.93. The molecule has 1 aromatic carbocycles. The van der Waals surface area contributed by atoms with Crippen LogP contribution in [0.15, 0.2) is 29.3 Å². The Kier molecular flexibility index (Phi) is 8.67. The summed E-state index contributed by atoms with van der Waals surface area (Å²) in [7, 11) is 3.52. The molecule has 1 heterocycles. The predicted molar refractivity (Wildman–Crippen MR) is 123 cm³/mol. The number of morpholine rings is 1. The molecule has 1 aliphatic heterocycles. The Hall–Kier alpha value is -2.12. The largest absolute Gasteiger partial charge is 0.373 e. The van der Waals surface area contributed by atoms with E-state index in [1.807, 2.05) is 24.3 Å². The van der Waals surface area contributed by atoms with Gasteiger partial charge in [-0.15, -0.1) is 0 Å². The van der Waals surface area contributed by atoms with Crippen molar-refractivity contribution in [2.45, 2.75) is 58.9 Å². The highest BCUT2D eigenvalue weighted by Gasteiger charge is 2.33. The normalized spacial score (nSPS) is 20.7. The Balaban J connectivity index is 1.97. The van der Waals surface area contributed by atoms with Gasteiger partial charge in [0.15, 0.2) is 5.96 Å². The Morgan fingerprint density at radius 3 is 2.30 bits per heavy atom. The van der Waals surface area contributed by atoms with Crippen molar-refractivity contribution in [1.82, 2.24) is 20.4 Å². The lowest BCUT2D eigenvalue weighted by atomic mass is 10.00. The minimum atomic E-state index is -0.0172. The summed E-state index contributed by atoms with van der Waals surface area (Å²) >= 11 is 0. The van der Waals surface area contributed by atoms with Gasteiger partial charge in [0.05, 0.1) is 18.8 Å². The molecular weight excluding hydrogens is 378 g/mol. The van der Waals surface area contributed by atoms with Crippen LogP contribution in [0.1, 0.15) is 50.5 Å². The maximum Gasteiger partial charge on any atom is 0.253 e. The van der Waals surface area contributed by atoms with E-state index >= 15 is 0 Å². The lowest BCUT2D eigenvalue weighted by Crippen LogP contribution is -2.59. The topological polar surface area (TPSA) is 69.2 Å². The van der Waals surface area contributed by atoms with Crippen molar-refractivity contribution in [2.75, 3.05) is 40.3 Å². The molecular formula is C23H39N5O2. The molecule has 2 unspecified atom stereocenters. The molecule has 0 aliphatic carbocycles. The van der Waals surface area contributed by atoms with Gasteiger partial charge in [-0.3, -0.25) is 9.69 Å². The average molecular weight is 418 g/mol. The predicted octanol–water partition coefficient (Wildman–Crippen LogP) is 2.33. The molecule has 1 aromatic rings. The summed E-state index contributed by atoms with van der Waals surface area (Å²) < 4.78 is 5.88. The third kappa shape index (κ3) is 6.99. The molecule has 1 fully saturated rings. The summed E-state index contributed by atoms with van der Waals surface area (Å²) in [6.07, 6.45) is 0.495. The zero-order chi connectivity index (χ0) is 22.3. The molecule has 1 amide bonds. The van der Waals surface area contributed by atoms with Gasteiger partial charge >= 0.3 is 0 Å². The van der Waals surface area contributed by atoms with Crippen LogP contribution < -0.4 is 10.6 Å². The molecule has 2 N–H and O–H groups in total. The van der Waals surface area contributed by atoms with E-state index < -0.39 is 0 Å². The molecule has 0 aromatic heterocycles. The summed E-state index contributed by atoms with van der Waals surface area (Å²) in [5.74, 6) is 0.808. The number of rotatable bonds is 7. The van der Waals surface area contributed by atoms with Gasteiger partial charge in [0.1, 0.15) is 0 Å². The number of amides is 1. The Labute approximate surface area is 181 Å². The van der Waals surface area contributed by atoms with Crippen molar-refractivity contribution in [2.24, 2.45) is 4.99 Å². The Morgan fingerprint density at radius 2 is 1.77 bits per heavy atom. The van der Waals surface area contributed by atoms with Crippen LogP contribution >= 0.6 is 0 Å². The van der Waals surface area contributed by atoms with Crippen LogP contribution in [0.2, 0.25) is 0 Å². The van der Waals surface area contributed by atoms with Crippen molar-refractivity contribution in [3.63, 3.8) is 0 Å². The fraction of sp³-hybridized carbons (Fsp3) is 0.652. The van der Waals surface area contributed by atoms with Crippen molar-refractivity contribution in [3.05, 3.63) is 35.4 Å². The first-order valence-electron chi connectivity index (χ1n) is 10.9. The number of benzene rings is 1. The first-order valence-corrected chi connectivity index (χ1v) is 10.9. The van der Waals surface area contributed by atoms with E-state index in [1.165, 1.54) is 0 Å². The minimum Gasteiger partial charge on any atom is -0.373 e. The number of ether oxygens (including phenoxy) is 1. The third-order valence-electron chi connectivity index (χ3n) is 5.34. The fourth-order valence-corrected chi connectivity index (χ4v) is 3.61. The van der Waals surface area contributed by atoms with Crippen LogP contribution in [-0.4, -0.2) is 79.7 Å². The minimum absolute atomic E-state index is 0.00837. The summed E-state index contributed by atoms with van der Waals surface area (Å²) in [4.78, 5) is 20.8. The van der Waals surface area contributed by atoms with Gasteiger partial charge in [-0.2, -0.15) is 0 Å². The molecule has 1 aliphatic rings. The maximum atomic E-state index is 12.0. The molecule has 2 atom stereocenters. The van der Waals surface area contributed by atoms with Crippen molar-refractivity contribution >= 4 is 11.9 Å². The average Bonchev–Trinajstić information content (AvgIpc) is 2.69. The van der Waals surface area contributed by atoms with Crippen LogP contribution in [0.4, 0.5) is 0 Å². The second kappa shape index (κ2) is 10.8. The van der Waals surface area contributed by atoms with Gasteiger partial charge in [-0.25, -0.2) is 4.99 Å². The zero-order valence-electron chi connectivity index (χ0n) is 19.7. The van der Waals surface area contributed by atoms with Gasteiger partial charge in [0.25, 0.3) is 5.91 Å². The van der Waals surface area contributed by atoms with E-state index in [0.717, 1.165) is 37.7 Å². The number of nitrogens with zero attached hydrogens (tertiary/aromatic N) is 3. The molecule has 2 rings (SSSR count). The van der Waals surface area contributed by atoms with Crippen LogP contribution in [0, 0.1) is 0 Å². The summed E-state index contributed by atoms with van der Waals surface area (Å²) in [5, 5.41) is 6.82. The van der Waals surface area contributed by atoms with Crippen LogP contribution in [-0.2, 0) is 11.3 Å². The smallest absolute Gasteiger partial charge is 0.253 e. The second-order valence-corrected chi connectivity index (χ2v) is 8.92. The van der Waals surface area contributed by atoms with E-state index in [-0.39, 0.29) is 23.7 Å². The van der Waals surface area contributed by atoms with E-state index in [1.54, 1.807) is 19.0 Å². The van der Waals surface area contributed by atoms with Crippen molar-refractivity contribution < 1.29 is 9.53 Å². The quantitative estimate of drug-likeness (QED) is 0.526. The van der Waals surface area contributed by atoms with E-state index in [9.17, 15) is 4.79 Å². The highest BCUT2D eigenvalue weighted by atomic mass is 16.5. The molecule has 0 radical (unpaired) electrons. The monoisotopic (exact) mass is 417 g/mol. The molecule has 7 nitrogen and oxygen atoms in total. The molecule has 0 bridgehead atoms. The maximum absolute atomic E-state index is 12.0. The van der Waals surface area contributed by atoms with Crippen LogP contribution in [0.5, 0.6) is 0 Å². The highest BCUT2D eigenvalue weighted by Crippen LogP contribution is 2.20. The molecule has 0 saturated carbocycles. The fourth-order valence-electron chi connectivity index (χ4n) is 3.61. The summed E-state index contributed by atoms with van der Waals surface area (Å²) in [6, 6.07) is 7.64. The lowest BCUT2D eigenvalue weighted by molar-refractivity contribution is -0.0946. The Morgan fingerprint density at radius 1 is 1.17 bits per heavy atom. The van der Waals surface area contributed by atoms with Crippen molar-refractivity contribution in [3.8, 4) is 0 Å². The number of guanidine groups is 1. The second-order valence-electron chi connectivity index (χ2n) is 8.92. The summed E-state index contributed by atoms with van der Waals surface area (Å²) in [5.41, 5.74) is 1.74. The standard InChI is InChI=1S/C23H39N5O2/c1-8-24-22(25-13-19-9-11-20(12-10-19)21(29)27(6)7)26-16-23(4,5)28-14-17(2)30-18(3)15-28/h9-12,17-18H,8,13-16H2,1-7H3,(H2,24,25,26). The van der Waals surface area contributed by atoms with Gasteiger partial charge in [-0.05, 0) is 52.3 Å². The first-order chi connectivity index (χ1) is 14.1. The van der Waals surface area contributed by atoms with Gasteiger partial charge in [0, 0.05) is 51.4 Å². The van der Waals surface area contributed by atoms with E-state index in [4.69, 9.17) is 9.73 Å². The SMILES string of the molecule is CCNC(=NCc1ccc(C(=O)N(C)C)cc1)NCC(C)(C)N1CC(C)OC(C)C1. The molecule has 1 saturated heterocycles. The number of hydrogen-bond donors (Lipinski definition) is 2. The van der Waals surface area contributed by atoms with Crippen molar-refractivity contribution in [1.29, 1.82) is 0 Å². The van der Waals surface area contributed by atoms with E-state index in [0.29, 0.717) is 12.1 Å². The van der Waals surface area contributed by atoms with Gasteiger partial charge in [-0.1, -0.05) is 12.1 Å². The third-order valence-corrected chi connectivity index (χ3v) is 5.34. The van der Waals surface area contributed by atoms with Gasteiger partial charge < -0.3 is 20.3 Å². The molecule has 7 heteroatoms. The van der Waals surface area contributed by atoms with Crippen LogP contribution in [0.25, 0.3) is 0 Å². The number of aliphatic imine (C=N–C) groups is 1. The number of hydrogen-bond acceptors (Lipinski definition) is 4. The molecule has 168 valence electrons. The zero-order valence-corrected chi connectivity index (χ0v) is 19.7. The molecule has 30 heavy (non-hydrogen) atoms. The number of nitrogens with one attached hydrogen (secondary N) is 2. The number of carbonyl (C=O) groups excluding carboxylic acids is 1. The lowest BCUT2D eigenvalue weighted by Gasteiger charge is -2.45. The molecule has 0 spiro atoms. The first kappa shape index (κ1) is 24.2. The summed E-state index contributed by atoms with van der Waals surface area (Å²) in [6.45, 7) is 14.9. The Bertz CT molecular complexity index is 705. The van der Waals surface area contributed by atoms with Crippen LogP contribution in [0.3, 0.4) is 0 Å². The van der Waals surface area contributed by atoms with Gasteiger partial charge in [0.2, 0.25) is 0 Å².